The van der Waals surface area contributed by atoms with E-state index in [1.54, 1.807) is 4.57 Å². The largest absolute Gasteiger partial charge is 0.387 e. The average molecular weight is 633 g/mol. The number of aliphatic hydroxyl groups is 2. The van der Waals surface area contributed by atoms with Crippen LogP contribution in [0.1, 0.15) is 37.1 Å². The number of hydrogen-bond acceptors (Lipinski definition) is 12. The molecule has 15 heteroatoms. The molecule has 0 spiro atoms. The summed E-state index contributed by atoms with van der Waals surface area (Å²) in [6.07, 6.45) is -1.94. The van der Waals surface area contributed by atoms with Crippen LogP contribution in [0.5, 0.6) is 0 Å². The van der Waals surface area contributed by atoms with Gasteiger partial charge in [-0.15, -0.1) is 10.2 Å². The Hall–Kier alpha value is -2.99. The minimum absolute atomic E-state index is 0.194. The van der Waals surface area contributed by atoms with Gasteiger partial charge < -0.3 is 30.9 Å². The van der Waals surface area contributed by atoms with Crippen molar-refractivity contribution in [2.75, 3.05) is 23.7 Å². The number of aliphatic hydroxyl groups excluding tert-OH is 2. The lowest BCUT2D eigenvalue weighted by atomic mass is 10.1. The van der Waals surface area contributed by atoms with E-state index in [1.165, 1.54) is 11.1 Å². The molecule has 0 amide bonds. The van der Waals surface area contributed by atoms with Gasteiger partial charge in [0.2, 0.25) is 11.8 Å². The summed E-state index contributed by atoms with van der Waals surface area (Å²) < 4.78 is 8.83. The average Bonchev–Trinajstić information content (AvgIpc) is 3.72. The van der Waals surface area contributed by atoms with Gasteiger partial charge >= 0.3 is 0 Å². The van der Waals surface area contributed by atoms with Crippen LogP contribution in [-0.2, 0) is 17.8 Å². The molecule has 200 valence electrons. The van der Waals surface area contributed by atoms with Gasteiger partial charge in [0.1, 0.15) is 12.2 Å². The normalized spacial score (nSPS) is 25.3. The third kappa shape index (κ3) is 4.91. The van der Waals surface area contributed by atoms with Crippen LogP contribution in [0.4, 0.5) is 11.8 Å². The Morgan fingerprint density at radius 1 is 1.24 bits per heavy atom. The van der Waals surface area contributed by atoms with Gasteiger partial charge in [0.05, 0.1) is 12.9 Å². The quantitative estimate of drug-likeness (QED) is 0.173. The summed E-state index contributed by atoms with van der Waals surface area (Å²) in [5.74, 6) is 1.20. The van der Waals surface area contributed by atoms with Crippen LogP contribution in [-0.4, -0.2) is 81.3 Å². The first-order valence-electron chi connectivity index (χ1n) is 12.5. The highest BCUT2D eigenvalue weighted by Crippen LogP contribution is 2.39. The zero-order valence-corrected chi connectivity index (χ0v) is 22.7. The van der Waals surface area contributed by atoms with Crippen molar-refractivity contribution in [2.45, 2.75) is 57.0 Å². The van der Waals surface area contributed by atoms with E-state index in [9.17, 15) is 10.2 Å². The number of ether oxygens (including phenoxy) is 1. The smallest absolute Gasteiger partial charge is 0.227 e. The number of halogens is 1. The molecule has 0 aliphatic carbocycles. The van der Waals surface area contributed by atoms with Crippen LogP contribution in [0.3, 0.4) is 0 Å². The molecule has 2 aliphatic heterocycles. The lowest BCUT2D eigenvalue weighted by Crippen LogP contribution is -2.29. The molecule has 1 aromatic carbocycles. The Balaban J connectivity index is 1.33. The van der Waals surface area contributed by atoms with Crippen LogP contribution in [0.2, 0.25) is 0 Å². The maximum Gasteiger partial charge on any atom is 0.227 e. The van der Waals surface area contributed by atoms with Gasteiger partial charge in [0.15, 0.2) is 29.3 Å². The second-order valence-corrected chi connectivity index (χ2v) is 10.5. The molecule has 3 aromatic heterocycles. The lowest BCUT2D eigenvalue weighted by molar-refractivity contribution is -0.0384. The van der Waals surface area contributed by atoms with Crippen molar-refractivity contribution in [1.82, 2.24) is 45.0 Å². The molecule has 0 radical (unpaired) electrons. The first-order valence-corrected chi connectivity index (χ1v) is 13.6. The SMILES string of the molecule is CCn1nnc([C@H]2O[C@@H](n3cnc4c(NCc5cccc(I)c5)nc(N[C@H]5CCNC5)nc43)[C@H](O)[C@@H]2O)n1. The summed E-state index contributed by atoms with van der Waals surface area (Å²) in [5.41, 5.74) is 2.08. The van der Waals surface area contributed by atoms with Gasteiger partial charge in [-0.1, -0.05) is 12.1 Å². The predicted octanol–water partition coefficient (Wildman–Crippen LogP) is 0.815. The van der Waals surface area contributed by atoms with Crippen LogP contribution in [0.15, 0.2) is 30.6 Å². The number of aromatic nitrogens is 8. The predicted molar refractivity (Wildman–Crippen MR) is 145 cm³/mol. The number of rotatable bonds is 8. The summed E-state index contributed by atoms with van der Waals surface area (Å²) >= 11 is 2.29. The van der Waals surface area contributed by atoms with Crippen LogP contribution in [0, 0.1) is 3.57 Å². The van der Waals surface area contributed by atoms with Crippen molar-refractivity contribution in [1.29, 1.82) is 0 Å². The minimum Gasteiger partial charge on any atom is -0.387 e. The van der Waals surface area contributed by atoms with Crippen LogP contribution in [0.25, 0.3) is 11.2 Å². The molecule has 2 fully saturated rings. The second-order valence-electron chi connectivity index (χ2n) is 9.30. The van der Waals surface area contributed by atoms with Crippen molar-refractivity contribution in [2.24, 2.45) is 0 Å². The maximum absolute atomic E-state index is 10.9. The minimum atomic E-state index is -1.26. The summed E-state index contributed by atoms with van der Waals surface area (Å²) in [4.78, 5) is 15.4. The fraction of sp³-hybridized carbons (Fsp3) is 0.478. The van der Waals surface area contributed by atoms with Gasteiger partial charge in [0.25, 0.3) is 0 Å². The van der Waals surface area contributed by atoms with Gasteiger partial charge in [0, 0.05) is 22.7 Å². The van der Waals surface area contributed by atoms with E-state index in [1.807, 2.05) is 25.1 Å². The zero-order chi connectivity index (χ0) is 26.2. The molecule has 14 nitrogen and oxygen atoms in total. The van der Waals surface area contributed by atoms with Crippen molar-refractivity contribution in [3.63, 3.8) is 0 Å². The maximum atomic E-state index is 10.9. The number of benzene rings is 1. The first kappa shape index (κ1) is 25.3. The van der Waals surface area contributed by atoms with Crippen molar-refractivity contribution in [3.8, 4) is 0 Å². The number of tetrazole rings is 1. The molecule has 6 rings (SSSR count). The Labute approximate surface area is 231 Å². The second kappa shape index (κ2) is 10.6. The molecule has 5 atom stereocenters. The molecular formula is C23H28IN11O3. The molecule has 5 N–H and O–H groups in total. The van der Waals surface area contributed by atoms with Gasteiger partial charge in [-0.25, -0.2) is 4.98 Å². The zero-order valence-electron chi connectivity index (χ0n) is 20.6. The van der Waals surface area contributed by atoms with E-state index in [0.717, 1.165) is 28.6 Å². The molecule has 0 saturated carbocycles. The number of fused-ring (bicyclic) bond motifs is 1. The number of nitrogens with zero attached hydrogens (tertiary/aromatic N) is 8. The standard InChI is InChI=1S/C23H28IN11O3/c1-2-35-32-20(31-33-35)18-16(36)17(37)22(38-18)34-11-27-15-19(26-9-12-4-3-5-13(24)8-12)29-23(30-21(15)34)28-14-6-7-25-10-14/h3-5,8,11,14,16-18,22,25,36-37H,2,6-7,9-10H2,1H3,(H2,26,28,29,30)/t14-,16-,17+,18-,22+/m0/s1. The Morgan fingerprint density at radius 3 is 2.89 bits per heavy atom. The first-order chi connectivity index (χ1) is 18.5. The molecule has 0 bridgehead atoms. The topological polar surface area (TPSA) is 173 Å². The molecule has 5 heterocycles. The van der Waals surface area contributed by atoms with E-state index in [-0.39, 0.29) is 11.9 Å². The fourth-order valence-corrected chi connectivity index (χ4v) is 5.30. The van der Waals surface area contributed by atoms with E-state index in [2.05, 4.69) is 65.0 Å². The van der Waals surface area contributed by atoms with Gasteiger partial charge in [-0.05, 0) is 65.4 Å². The molecule has 2 aliphatic rings. The summed E-state index contributed by atoms with van der Waals surface area (Å²) in [6, 6.07) is 8.39. The highest BCUT2D eigenvalue weighted by molar-refractivity contribution is 14.1. The van der Waals surface area contributed by atoms with Gasteiger partial charge in [-0.3, -0.25) is 4.57 Å². The Morgan fingerprint density at radius 2 is 2.13 bits per heavy atom. The highest BCUT2D eigenvalue weighted by Gasteiger charge is 2.47. The Bertz CT molecular complexity index is 1420. The lowest BCUT2D eigenvalue weighted by Gasteiger charge is -2.18. The van der Waals surface area contributed by atoms with Crippen molar-refractivity contribution >= 4 is 45.5 Å². The molecule has 38 heavy (non-hydrogen) atoms. The number of hydrogen-bond donors (Lipinski definition) is 5. The van der Waals surface area contributed by atoms with Crippen molar-refractivity contribution < 1.29 is 14.9 Å². The summed E-state index contributed by atoms with van der Waals surface area (Å²) in [5, 5.41) is 44.0. The van der Waals surface area contributed by atoms with E-state index < -0.39 is 24.5 Å². The third-order valence-corrected chi connectivity index (χ3v) is 7.35. The van der Waals surface area contributed by atoms with E-state index >= 15 is 0 Å². The Kier molecular flexibility index (Phi) is 7.08. The fourth-order valence-electron chi connectivity index (χ4n) is 4.69. The monoisotopic (exact) mass is 633 g/mol. The molecule has 4 aromatic rings. The summed E-state index contributed by atoms with van der Waals surface area (Å²) in [7, 11) is 0. The summed E-state index contributed by atoms with van der Waals surface area (Å²) in [6.45, 7) is 4.69. The molecule has 0 unspecified atom stereocenters. The number of aryl methyl sites for hydroxylation is 1. The van der Waals surface area contributed by atoms with Gasteiger partial charge in [-0.2, -0.15) is 14.8 Å². The molecular weight excluding hydrogens is 605 g/mol. The van der Waals surface area contributed by atoms with E-state index in [4.69, 9.17) is 14.7 Å². The number of imidazole rings is 1. The highest BCUT2D eigenvalue weighted by atomic mass is 127. The number of nitrogens with one attached hydrogen (secondary N) is 3. The third-order valence-electron chi connectivity index (χ3n) is 6.68. The van der Waals surface area contributed by atoms with Crippen molar-refractivity contribution in [3.05, 3.63) is 45.6 Å². The number of anilines is 2. The van der Waals surface area contributed by atoms with Crippen LogP contribution >= 0.6 is 22.6 Å². The van der Waals surface area contributed by atoms with Crippen LogP contribution < -0.4 is 16.0 Å². The van der Waals surface area contributed by atoms with E-state index in [0.29, 0.717) is 36.0 Å². The molecule has 2 saturated heterocycles.